The Morgan fingerprint density at radius 1 is 0.952 bits per heavy atom. The van der Waals surface area contributed by atoms with E-state index in [0.29, 0.717) is 12.5 Å². The Kier molecular flexibility index (Phi) is 4.70. The summed E-state index contributed by atoms with van der Waals surface area (Å²) >= 11 is 3.42. The number of rotatable bonds is 4. The van der Waals surface area contributed by atoms with Gasteiger partial charge < -0.3 is 9.64 Å². The molecule has 110 valence electrons. The third-order valence-electron chi connectivity index (χ3n) is 3.61. The molecular weight excluding hydrogens is 330 g/mol. The third kappa shape index (κ3) is 3.94. The Balaban J connectivity index is 1.57. The third-order valence-corrected chi connectivity index (χ3v) is 4.13. The zero-order valence-corrected chi connectivity index (χ0v) is 13.4. The number of nitrogens with zero attached hydrogens (tertiary/aromatic N) is 3. The van der Waals surface area contributed by atoms with Crippen LogP contribution >= 0.6 is 15.9 Å². The fraction of sp³-hybridized carbons (Fsp3) is 0.375. The van der Waals surface area contributed by atoms with Crippen molar-refractivity contribution in [3.05, 3.63) is 46.4 Å². The monoisotopic (exact) mass is 347 g/mol. The minimum absolute atomic E-state index is 0.505. The molecule has 0 unspecified atom stereocenters. The van der Waals surface area contributed by atoms with Crippen LogP contribution in [0.4, 0.5) is 5.82 Å². The predicted octanol–water partition coefficient (Wildman–Crippen LogP) is 3.81. The van der Waals surface area contributed by atoms with Crippen molar-refractivity contribution < 1.29 is 4.74 Å². The lowest BCUT2D eigenvalue weighted by atomic mass is 10.1. The average molecular weight is 348 g/mol. The van der Waals surface area contributed by atoms with Gasteiger partial charge in [0.2, 0.25) is 5.88 Å². The summed E-state index contributed by atoms with van der Waals surface area (Å²) in [5, 5.41) is 8.44. The van der Waals surface area contributed by atoms with E-state index in [9.17, 15) is 0 Å². The maximum absolute atomic E-state index is 5.67. The molecule has 0 saturated carbocycles. The highest BCUT2D eigenvalue weighted by Gasteiger charge is 2.12. The second-order valence-electron chi connectivity index (χ2n) is 5.19. The largest absolute Gasteiger partial charge is 0.472 e. The summed E-state index contributed by atoms with van der Waals surface area (Å²) in [6.07, 6.45) is 3.80. The van der Waals surface area contributed by atoms with Crippen LogP contribution in [-0.2, 0) is 6.61 Å². The van der Waals surface area contributed by atoms with Gasteiger partial charge in [-0.2, -0.15) is 0 Å². The van der Waals surface area contributed by atoms with Gasteiger partial charge in [0.05, 0.1) is 0 Å². The number of hydrogen-bond donors (Lipinski definition) is 0. The van der Waals surface area contributed by atoms with Crippen LogP contribution < -0.4 is 9.64 Å². The van der Waals surface area contributed by atoms with Crippen LogP contribution in [0.2, 0.25) is 0 Å². The predicted molar refractivity (Wildman–Crippen MR) is 86.6 cm³/mol. The van der Waals surface area contributed by atoms with Crippen molar-refractivity contribution in [2.45, 2.75) is 25.9 Å². The van der Waals surface area contributed by atoms with Gasteiger partial charge in [-0.05, 0) is 43.0 Å². The van der Waals surface area contributed by atoms with Crippen molar-refractivity contribution in [2.75, 3.05) is 18.0 Å². The highest BCUT2D eigenvalue weighted by atomic mass is 79.9. The molecule has 0 amide bonds. The molecule has 0 spiro atoms. The van der Waals surface area contributed by atoms with Gasteiger partial charge in [-0.3, -0.25) is 0 Å². The lowest BCUT2D eigenvalue weighted by Crippen LogP contribution is -2.30. The van der Waals surface area contributed by atoms with Crippen molar-refractivity contribution in [1.82, 2.24) is 10.2 Å². The average Bonchev–Trinajstić information content (AvgIpc) is 2.56. The van der Waals surface area contributed by atoms with Gasteiger partial charge in [0.1, 0.15) is 6.61 Å². The van der Waals surface area contributed by atoms with Gasteiger partial charge in [0, 0.05) is 23.6 Å². The van der Waals surface area contributed by atoms with E-state index < -0.39 is 0 Å². The van der Waals surface area contributed by atoms with Crippen LogP contribution in [0.15, 0.2) is 40.9 Å². The summed E-state index contributed by atoms with van der Waals surface area (Å²) in [5.41, 5.74) is 1.11. The molecule has 2 aromatic rings. The minimum Gasteiger partial charge on any atom is -0.472 e. The molecule has 0 atom stereocenters. The fourth-order valence-electron chi connectivity index (χ4n) is 2.42. The number of hydrogen-bond acceptors (Lipinski definition) is 4. The second kappa shape index (κ2) is 6.89. The summed E-state index contributed by atoms with van der Waals surface area (Å²) in [7, 11) is 0. The lowest BCUT2D eigenvalue weighted by molar-refractivity contribution is 0.290. The number of ether oxygens (including phenoxy) is 1. The number of aromatic nitrogens is 2. The number of anilines is 1. The molecule has 0 radical (unpaired) electrons. The van der Waals surface area contributed by atoms with E-state index >= 15 is 0 Å². The molecule has 1 saturated heterocycles. The number of benzene rings is 1. The van der Waals surface area contributed by atoms with E-state index in [0.717, 1.165) is 28.9 Å². The molecule has 1 aromatic carbocycles. The van der Waals surface area contributed by atoms with E-state index in [1.54, 1.807) is 0 Å². The van der Waals surface area contributed by atoms with Crippen LogP contribution in [0.1, 0.15) is 24.8 Å². The minimum atomic E-state index is 0.505. The van der Waals surface area contributed by atoms with Crippen LogP contribution in [0.25, 0.3) is 0 Å². The first-order valence-corrected chi connectivity index (χ1v) is 8.06. The maximum Gasteiger partial charge on any atom is 0.233 e. The standard InChI is InChI=1S/C16H18BrN3O/c17-14-6-4-13(5-7-14)12-21-16-9-8-15(18-19-16)20-10-2-1-3-11-20/h4-9H,1-3,10-12H2. The lowest BCUT2D eigenvalue weighted by Gasteiger charge is -2.27. The van der Waals surface area contributed by atoms with Crippen molar-refractivity contribution in [2.24, 2.45) is 0 Å². The Morgan fingerprint density at radius 2 is 1.71 bits per heavy atom. The first-order chi connectivity index (χ1) is 10.3. The highest BCUT2D eigenvalue weighted by Crippen LogP contribution is 2.19. The SMILES string of the molecule is Brc1ccc(COc2ccc(N3CCCCC3)nn2)cc1. The smallest absolute Gasteiger partial charge is 0.233 e. The molecule has 2 heterocycles. The molecule has 0 N–H and O–H groups in total. The van der Waals surface area contributed by atoms with Gasteiger partial charge in [-0.15, -0.1) is 10.2 Å². The van der Waals surface area contributed by atoms with Crippen LogP contribution in [0, 0.1) is 0 Å². The quantitative estimate of drug-likeness (QED) is 0.842. The second-order valence-corrected chi connectivity index (χ2v) is 6.11. The summed E-state index contributed by atoms with van der Waals surface area (Å²) in [6, 6.07) is 12.0. The van der Waals surface area contributed by atoms with E-state index in [4.69, 9.17) is 4.74 Å². The van der Waals surface area contributed by atoms with Gasteiger partial charge >= 0.3 is 0 Å². The molecule has 21 heavy (non-hydrogen) atoms. The normalized spacial score (nSPS) is 15.0. The summed E-state index contributed by atoms with van der Waals surface area (Å²) in [6.45, 7) is 2.66. The number of piperidine rings is 1. The van der Waals surface area contributed by atoms with Gasteiger partial charge in [0.25, 0.3) is 0 Å². The van der Waals surface area contributed by atoms with Gasteiger partial charge in [0.15, 0.2) is 5.82 Å². The van der Waals surface area contributed by atoms with Gasteiger partial charge in [-0.1, -0.05) is 28.1 Å². The zero-order chi connectivity index (χ0) is 14.5. The zero-order valence-electron chi connectivity index (χ0n) is 11.8. The molecule has 0 bridgehead atoms. The molecule has 0 aliphatic carbocycles. The van der Waals surface area contributed by atoms with Crippen LogP contribution in [-0.4, -0.2) is 23.3 Å². The Bertz CT molecular complexity index is 565. The van der Waals surface area contributed by atoms with E-state index in [2.05, 4.69) is 31.0 Å². The summed E-state index contributed by atoms with van der Waals surface area (Å²) in [4.78, 5) is 2.29. The Hall–Kier alpha value is -1.62. The Morgan fingerprint density at radius 3 is 2.38 bits per heavy atom. The molecule has 1 fully saturated rings. The molecule has 1 aromatic heterocycles. The molecule has 4 nitrogen and oxygen atoms in total. The summed E-state index contributed by atoms with van der Waals surface area (Å²) in [5.74, 6) is 1.52. The van der Waals surface area contributed by atoms with Crippen molar-refractivity contribution in [1.29, 1.82) is 0 Å². The van der Waals surface area contributed by atoms with Crippen molar-refractivity contribution >= 4 is 21.7 Å². The fourth-order valence-corrected chi connectivity index (χ4v) is 2.68. The van der Waals surface area contributed by atoms with E-state index in [1.807, 2.05) is 36.4 Å². The highest BCUT2D eigenvalue weighted by molar-refractivity contribution is 9.10. The Labute approximate surface area is 133 Å². The first kappa shape index (κ1) is 14.3. The molecule has 3 rings (SSSR count). The van der Waals surface area contributed by atoms with Gasteiger partial charge in [-0.25, -0.2) is 0 Å². The number of halogens is 1. The van der Waals surface area contributed by atoms with Crippen LogP contribution in [0.5, 0.6) is 5.88 Å². The van der Waals surface area contributed by atoms with E-state index in [1.165, 1.54) is 19.3 Å². The van der Waals surface area contributed by atoms with Crippen molar-refractivity contribution in [3.63, 3.8) is 0 Å². The molecule has 1 aliphatic heterocycles. The maximum atomic E-state index is 5.67. The topological polar surface area (TPSA) is 38.2 Å². The summed E-state index contributed by atoms with van der Waals surface area (Å²) < 4.78 is 6.73. The molecule has 5 heteroatoms. The van der Waals surface area contributed by atoms with Crippen LogP contribution in [0.3, 0.4) is 0 Å². The molecular formula is C16H18BrN3O. The van der Waals surface area contributed by atoms with Crippen molar-refractivity contribution in [3.8, 4) is 5.88 Å². The van der Waals surface area contributed by atoms with E-state index in [-0.39, 0.29) is 0 Å². The molecule has 1 aliphatic rings. The first-order valence-electron chi connectivity index (χ1n) is 7.27.